The largest absolute Gasteiger partial charge is 0.469 e. The summed E-state index contributed by atoms with van der Waals surface area (Å²) in [4.78, 5) is 23.8. The number of esters is 1. The standard InChI is InChI=1S/C19H34F2O4SSi/c1-14(2)13-27(4,5)25-19(11-6-8-15(19)22)16(26)9-7-10-18(20,21)12-17(23)24-3/h14,16,26H,6-13H2,1-5H3. The van der Waals surface area contributed by atoms with Crippen molar-refractivity contribution < 1.29 is 27.5 Å². The summed E-state index contributed by atoms with van der Waals surface area (Å²) in [5.41, 5.74) is -0.953. The predicted octanol–water partition coefficient (Wildman–Crippen LogP) is 5.02. The number of rotatable bonds is 11. The van der Waals surface area contributed by atoms with E-state index in [4.69, 9.17) is 4.43 Å². The van der Waals surface area contributed by atoms with Gasteiger partial charge in [0.15, 0.2) is 14.1 Å². The van der Waals surface area contributed by atoms with Gasteiger partial charge in [0.1, 0.15) is 12.0 Å². The van der Waals surface area contributed by atoms with E-state index in [9.17, 15) is 18.4 Å². The van der Waals surface area contributed by atoms with Crippen LogP contribution in [0.1, 0.15) is 58.8 Å². The van der Waals surface area contributed by atoms with Gasteiger partial charge < -0.3 is 9.16 Å². The number of ketones is 1. The van der Waals surface area contributed by atoms with Crippen molar-refractivity contribution in [2.24, 2.45) is 5.92 Å². The van der Waals surface area contributed by atoms with E-state index in [0.717, 1.165) is 19.6 Å². The average Bonchev–Trinajstić information content (AvgIpc) is 2.86. The Hall–Kier alpha value is -0.473. The van der Waals surface area contributed by atoms with Gasteiger partial charge in [-0.2, -0.15) is 12.6 Å². The zero-order valence-electron chi connectivity index (χ0n) is 17.1. The minimum absolute atomic E-state index is 0.0492. The summed E-state index contributed by atoms with van der Waals surface area (Å²) in [6, 6.07) is 0.930. The van der Waals surface area contributed by atoms with Crippen LogP contribution < -0.4 is 0 Å². The number of Topliss-reactive ketones (excluding diaryl/α,β-unsaturated/α-hetero) is 1. The number of alkyl halides is 2. The van der Waals surface area contributed by atoms with Gasteiger partial charge in [0.25, 0.3) is 5.92 Å². The third-order valence-corrected chi connectivity index (χ3v) is 8.36. The SMILES string of the molecule is COC(=O)CC(F)(F)CCCC(S)C1(O[Si](C)(C)CC(C)C)CCCC1=O. The molecular weight excluding hydrogens is 390 g/mol. The van der Waals surface area contributed by atoms with Crippen LogP contribution in [0.4, 0.5) is 8.78 Å². The Kier molecular flexibility index (Phi) is 8.94. The minimum atomic E-state index is -3.11. The molecule has 1 aliphatic carbocycles. The fourth-order valence-corrected chi connectivity index (χ4v) is 8.07. The van der Waals surface area contributed by atoms with Gasteiger partial charge in [0.2, 0.25) is 0 Å². The number of halogens is 2. The zero-order chi connectivity index (χ0) is 20.9. The van der Waals surface area contributed by atoms with Gasteiger partial charge in [-0.1, -0.05) is 13.8 Å². The molecule has 0 aromatic rings. The lowest BCUT2D eigenvalue weighted by molar-refractivity contribution is -0.149. The number of ether oxygens (including phenoxy) is 1. The van der Waals surface area contributed by atoms with Gasteiger partial charge >= 0.3 is 5.97 Å². The molecule has 0 aliphatic heterocycles. The third-order valence-electron chi connectivity index (χ3n) is 4.97. The molecule has 2 unspecified atom stereocenters. The molecule has 1 aliphatic rings. The zero-order valence-corrected chi connectivity index (χ0v) is 19.0. The summed E-state index contributed by atoms with van der Waals surface area (Å²) in [7, 11) is -0.995. The molecule has 0 radical (unpaired) electrons. The van der Waals surface area contributed by atoms with Crippen molar-refractivity contribution in [3.8, 4) is 0 Å². The summed E-state index contributed by atoms with van der Waals surface area (Å²) in [5.74, 6) is -3.52. The van der Waals surface area contributed by atoms with E-state index in [1.807, 2.05) is 0 Å². The molecule has 8 heteroatoms. The Bertz CT molecular complexity index is 528. The van der Waals surface area contributed by atoms with Crippen molar-refractivity contribution in [3.63, 3.8) is 0 Å². The lowest BCUT2D eigenvalue weighted by Gasteiger charge is -2.41. The van der Waals surface area contributed by atoms with Crippen LogP contribution in [0.15, 0.2) is 0 Å². The van der Waals surface area contributed by atoms with Crippen LogP contribution in [-0.4, -0.2) is 44.0 Å². The van der Waals surface area contributed by atoms with Gasteiger partial charge in [-0.25, -0.2) is 8.78 Å². The molecular formula is C19H34F2O4SSi. The van der Waals surface area contributed by atoms with Crippen molar-refractivity contribution in [2.45, 2.75) is 94.7 Å². The number of carbonyl (C=O) groups excluding carboxylic acids is 2. The van der Waals surface area contributed by atoms with E-state index in [1.54, 1.807) is 0 Å². The number of thiol groups is 1. The molecule has 27 heavy (non-hydrogen) atoms. The predicted molar refractivity (Wildman–Crippen MR) is 108 cm³/mol. The summed E-state index contributed by atoms with van der Waals surface area (Å²) in [5, 5.41) is -0.416. The fraction of sp³-hybridized carbons (Fsp3) is 0.895. The van der Waals surface area contributed by atoms with E-state index in [2.05, 4.69) is 44.3 Å². The molecule has 0 amide bonds. The highest BCUT2D eigenvalue weighted by atomic mass is 32.1. The van der Waals surface area contributed by atoms with Gasteiger partial charge in [-0.05, 0) is 50.7 Å². The van der Waals surface area contributed by atoms with Crippen LogP contribution in [0.5, 0.6) is 0 Å². The number of hydrogen-bond donors (Lipinski definition) is 1. The number of carbonyl (C=O) groups is 2. The Morgan fingerprint density at radius 1 is 1.37 bits per heavy atom. The first-order chi connectivity index (χ1) is 12.3. The summed E-state index contributed by atoms with van der Waals surface area (Å²) >= 11 is 4.63. The molecule has 0 saturated heterocycles. The minimum Gasteiger partial charge on any atom is -0.469 e. The normalized spacial score (nSPS) is 22.3. The van der Waals surface area contributed by atoms with Crippen molar-refractivity contribution in [2.75, 3.05) is 7.11 Å². The van der Waals surface area contributed by atoms with Crippen LogP contribution in [0.3, 0.4) is 0 Å². The Morgan fingerprint density at radius 2 is 2.00 bits per heavy atom. The highest BCUT2D eigenvalue weighted by Gasteiger charge is 2.51. The molecule has 0 heterocycles. The first-order valence-electron chi connectivity index (χ1n) is 9.70. The highest BCUT2D eigenvalue weighted by molar-refractivity contribution is 7.81. The molecule has 4 nitrogen and oxygen atoms in total. The third kappa shape index (κ3) is 7.46. The van der Waals surface area contributed by atoms with E-state index < -0.39 is 43.9 Å². The van der Waals surface area contributed by atoms with Crippen molar-refractivity contribution in [1.29, 1.82) is 0 Å². The van der Waals surface area contributed by atoms with Crippen LogP contribution in [0.25, 0.3) is 0 Å². The van der Waals surface area contributed by atoms with Crippen molar-refractivity contribution in [3.05, 3.63) is 0 Å². The molecule has 2 atom stereocenters. The fourth-order valence-electron chi connectivity index (χ4n) is 4.07. The second-order valence-electron chi connectivity index (χ2n) is 8.64. The van der Waals surface area contributed by atoms with E-state index >= 15 is 0 Å². The van der Waals surface area contributed by atoms with Gasteiger partial charge in [-0.3, -0.25) is 9.59 Å². The van der Waals surface area contributed by atoms with Gasteiger partial charge in [0.05, 0.1) is 7.11 Å². The summed E-state index contributed by atoms with van der Waals surface area (Å²) in [6.07, 6.45) is 0.974. The molecule has 0 aromatic carbocycles. The number of methoxy groups -OCH3 is 1. The Morgan fingerprint density at radius 3 is 2.48 bits per heavy atom. The van der Waals surface area contributed by atoms with E-state index in [0.29, 0.717) is 25.2 Å². The molecule has 0 N–H and O–H groups in total. The Labute approximate surface area is 168 Å². The van der Waals surface area contributed by atoms with Crippen LogP contribution in [0, 0.1) is 5.92 Å². The summed E-state index contributed by atoms with van der Waals surface area (Å²) in [6.45, 7) is 8.46. The molecule has 1 fully saturated rings. The van der Waals surface area contributed by atoms with Crippen LogP contribution in [-0.2, 0) is 18.8 Å². The van der Waals surface area contributed by atoms with Gasteiger partial charge in [0, 0.05) is 18.1 Å². The molecule has 0 aromatic heterocycles. The first kappa shape index (κ1) is 24.6. The van der Waals surface area contributed by atoms with Gasteiger partial charge in [-0.15, -0.1) is 0 Å². The van der Waals surface area contributed by atoms with Crippen LogP contribution >= 0.6 is 12.6 Å². The second kappa shape index (κ2) is 9.83. The monoisotopic (exact) mass is 424 g/mol. The lowest BCUT2D eigenvalue weighted by atomic mass is 9.92. The van der Waals surface area contributed by atoms with E-state index in [1.165, 1.54) is 0 Å². The highest BCUT2D eigenvalue weighted by Crippen LogP contribution is 2.41. The Balaban J connectivity index is 2.75. The van der Waals surface area contributed by atoms with Crippen molar-refractivity contribution in [1.82, 2.24) is 0 Å². The molecule has 158 valence electrons. The topological polar surface area (TPSA) is 52.6 Å². The van der Waals surface area contributed by atoms with Crippen molar-refractivity contribution >= 4 is 32.7 Å². The molecule has 1 rings (SSSR count). The second-order valence-corrected chi connectivity index (χ2v) is 13.4. The average molecular weight is 425 g/mol. The van der Waals surface area contributed by atoms with Crippen LogP contribution in [0.2, 0.25) is 19.1 Å². The first-order valence-corrected chi connectivity index (χ1v) is 13.3. The number of hydrogen-bond acceptors (Lipinski definition) is 5. The molecule has 0 bridgehead atoms. The van der Waals surface area contributed by atoms with E-state index in [-0.39, 0.29) is 12.2 Å². The molecule has 1 saturated carbocycles. The maximum atomic E-state index is 13.9. The lowest BCUT2D eigenvalue weighted by Crippen LogP contribution is -2.53. The maximum Gasteiger partial charge on any atom is 0.311 e. The quantitative estimate of drug-likeness (QED) is 0.287. The maximum absolute atomic E-state index is 13.9. The molecule has 0 spiro atoms. The smallest absolute Gasteiger partial charge is 0.311 e. The summed E-state index contributed by atoms with van der Waals surface area (Å²) < 4.78 is 38.5.